The highest BCUT2D eigenvalue weighted by Crippen LogP contribution is 2.30. The van der Waals surface area contributed by atoms with Gasteiger partial charge in [0.05, 0.1) is 0 Å². The van der Waals surface area contributed by atoms with Gasteiger partial charge < -0.3 is 4.57 Å². The average Bonchev–Trinajstić information content (AvgIpc) is 3.05. The summed E-state index contributed by atoms with van der Waals surface area (Å²) >= 11 is 0. The quantitative estimate of drug-likeness (QED) is 0.378. The van der Waals surface area contributed by atoms with E-state index in [4.69, 9.17) is 0 Å². The number of carbonyl (C=O) groups excluding carboxylic acids is 1. The van der Waals surface area contributed by atoms with Crippen LogP contribution in [0.3, 0.4) is 0 Å². The van der Waals surface area contributed by atoms with Gasteiger partial charge in [0, 0.05) is 39.5 Å². The van der Waals surface area contributed by atoms with E-state index in [2.05, 4.69) is 48.7 Å². The van der Waals surface area contributed by atoms with Crippen molar-refractivity contribution in [3.05, 3.63) is 83.4 Å². The molecule has 2 heteroatoms. The molecule has 1 aromatic heterocycles. The minimum atomic E-state index is 0.112. The molecule has 4 aromatic rings. The minimum absolute atomic E-state index is 0.112. The minimum Gasteiger partial charge on any atom is -0.341 e. The molecule has 3 aromatic carbocycles. The van der Waals surface area contributed by atoms with Gasteiger partial charge >= 0.3 is 0 Å². The third-order valence-corrected chi connectivity index (χ3v) is 5.35. The number of ketones is 1. The Balaban J connectivity index is 1.83. The number of fused-ring (bicyclic) bond motifs is 3. The molecule has 0 bridgehead atoms. The summed E-state index contributed by atoms with van der Waals surface area (Å²) in [5, 5.41) is 2.28. The van der Waals surface area contributed by atoms with E-state index in [-0.39, 0.29) is 5.78 Å². The van der Waals surface area contributed by atoms with E-state index in [0.29, 0.717) is 0 Å². The standard InChI is InChI=1S/C25H24NO/c1-3-5-10-18-11-6-7-12-20(18)25(27)19-15-16-24-22(17-19)21-13-8-9-14-23(21)26(24)4-2/h6-7,9,11-17H,3-5,10H2,1-2H3. The highest BCUT2D eigenvalue weighted by atomic mass is 16.1. The number of unbranched alkanes of at least 4 members (excludes halogenated alkanes) is 1. The first-order valence-corrected chi connectivity index (χ1v) is 9.79. The molecule has 0 spiro atoms. The van der Waals surface area contributed by atoms with Gasteiger partial charge in [0.1, 0.15) is 0 Å². The van der Waals surface area contributed by atoms with Gasteiger partial charge in [-0.05, 0) is 61.7 Å². The fraction of sp³-hybridized carbons (Fsp3) is 0.240. The summed E-state index contributed by atoms with van der Waals surface area (Å²) in [4.78, 5) is 13.3. The smallest absolute Gasteiger partial charge is 0.193 e. The largest absolute Gasteiger partial charge is 0.341 e. The molecule has 0 amide bonds. The summed E-state index contributed by atoms with van der Waals surface area (Å²) in [6.07, 6.45) is 3.18. The molecule has 0 aliphatic rings. The van der Waals surface area contributed by atoms with Crippen LogP contribution in [-0.4, -0.2) is 10.4 Å². The van der Waals surface area contributed by atoms with Crippen LogP contribution in [0.4, 0.5) is 0 Å². The lowest BCUT2D eigenvalue weighted by Gasteiger charge is -2.09. The second-order valence-corrected chi connectivity index (χ2v) is 7.01. The number of rotatable bonds is 6. The number of aromatic nitrogens is 1. The van der Waals surface area contributed by atoms with E-state index in [1.165, 1.54) is 11.0 Å². The fourth-order valence-corrected chi connectivity index (χ4v) is 3.95. The van der Waals surface area contributed by atoms with Crippen LogP contribution in [0.1, 0.15) is 48.2 Å². The van der Waals surface area contributed by atoms with Crippen LogP contribution in [0.25, 0.3) is 21.8 Å². The van der Waals surface area contributed by atoms with Crippen LogP contribution in [0, 0.1) is 6.07 Å². The highest BCUT2D eigenvalue weighted by molar-refractivity contribution is 6.15. The van der Waals surface area contributed by atoms with E-state index >= 15 is 0 Å². The lowest BCUT2D eigenvalue weighted by atomic mass is 9.94. The van der Waals surface area contributed by atoms with Crippen molar-refractivity contribution in [1.82, 2.24) is 4.57 Å². The first-order chi connectivity index (χ1) is 13.2. The maximum absolute atomic E-state index is 13.3. The van der Waals surface area contributed by atoms with Gasteiger partial charge in [0.15, 0.2) is 5.78 Å². The molecule has 4 rings (SSSR count). The second-order valence-electron chi connectivity index (χ2n) is 7.01. The van der Waals surface area contributed by atoms with Gasteiger partial charge in [0.25, 0.3) is 0 Å². The average molecular weight is 354 g/mol. The molecule has 27 heavy (non-hydrogen) atoms. The SMILES string of the molecule is CCCCc1ccccc1C(=O)c1ccc2c(c1)c1c[c]ccc1n2CC. The van der Waals surface area contributed by atoms with E-state index in [0.717, 1.165) is 53.3 Å². The second kappa shape index (κ2) is 7.40. The fourth-order valence-electron chi connectivity index (χ4n) is 3.95. The number of aryl methyl sites for hydroxylation is 2. The molecule has 0 atom stereocenters. The van der Waals surface area contributed by atoms with Crippen molar-refractivity contribution in [2.75, 3.05) is 0 Å². The lowest BCUT2D eigenvalue weighted by molar-refractivity contribution is 0.103. The predicted octanol–water partition coefficient (Wildman–Crippen LogP) is 6.19. The molecule has 1 radical (unpaired) electrons. The molecule has 0 N–H and O–H groups in total. The summed E-state index contributed by atoms with van der Waals surface area (Å²) in [6.45, 7) is 5.23. The van der Waals surface area contributed by atoms with Crippen molar-refractivity contribution < 1.29 is 4.79 Å². The first-order valence-electron chi connectivity index (χ1n) is 9.79. The number of hydrogen-bond acceptors (Lipinski definition) is 1. The zero-order valence-electron chi connectivity index (χ0n) is 16.0. The number of nitrogens with zero attached hydrogens (tertiary/aromatic N) is 1. The Bertz CT molecular complexity index is 1120. The Morgan fingerprint density at radius 1 is 1.00 bits per heavy atom. The Morgan fingerprint density at radius 3 is 2.63 bits per heavy atom. The maximum atomic E-state index is 13.3. The van der Waals surface area contributed by atoms with Crippen molar-refractivity contribution in [3.8, 4) is 0 Å². The number of hydrogen-bond donors (Lipinski definition) is 0. The molecule has 135 valence electrons. The molecule has 0 aliphatic heterocycles. The van der Waals surface area contributed by atoms with Crippen molar-refractivity contribution in [1.29, 1.82) is 0 Å². The molecular weight excluding hydrogens is 330 g/mol. The highest BCUT2D eigenvalue weighted by Gasteiger charge is 2.16. The molecule has 1 heterocycles. The van der Waals surface area contributed by atoms with E-state index < -0.39 is 0 Å². The summed E-state index contributed by atoms with van der Waals surface area (Å²) in [5.74, 6) is 0.112. The summed E-state index contributed by atoms with van der Waals surface area (Å²) in [7, 11) is 0. The van der Waals surface area contributed by atoms with Crippen molar-refractivity contribution in [3.63, 3.8) is 0 Å². The van der Waals surface area contributed by atoms with Gasteiger partial charge in [-0.15, -0.1) is 0 Å². The van der Waals surface area contributed by atoms with Crippen LogP contribution in [0.15, 0.2) is 60.7 Å². The zero-order valence-corrected chi connectivity index (χ0v) is 16.0. The lowest BCUT2D eigenvalue weighted by Crippen LogP contribution is -2.05. The Kier molecular flexibility index (Phi) is 4.81. The van der Waals surface area contributed by atoms with Crippen LogP contribution >= 0.6 is 0 Å². The van der Waals surface area contributed by atoms with Crippen LogP contribution in [0.5, 0.6) is 0 Å². The maximum Gasteiger partial charge on any atom is 0.193 e. The van der Waals surface area contributed by atoms with Crippen LogP contribution in [0.2, 0.25) is 0 Å². The van der Waals surface area contributed by atoms with Crippen molar-refractivity contribution >= 4 is 27.6 Å². The van der Waals surface area contributed by atoms with E-state index in [9.17, 15) is 4.79 Å². The Morgan fingerprint density at radius 2 is 1.81 bits per heavy atom. The van der Waals surface area contributed by atoms with Gasteiger partial charge in [-0.25, -0.2) is 0 Å². The molecule has 0 unspecified atom stereocenters. The van der Waals surface area contributed by atoms with Crippen LogP contribution in [-0.2, 0) is 13.0 Å². The predicted molar refractivity (Wildman–Crippen MR) is 112 cm³/mol. The molecule has 0 fully saturated rings. The van der Waals surface area contributed by atoms with Crippen molar-refractivity contribution in [2.24, 2.45) is 0 Å². The summed E-state index contributed by atoms with van der Waals surface area (Å²) in [6, 6.07) is 23.4. The zero-order chi connectivity index (χ0) is 18.8. The molecular formula is C25H24NO. The number of carbonyl (C=O) groups is 1. The monoisotopic (exact) mass is 354 g/mol. The Labute approximate surface area is 160 Å². The van der Waals surface area contributed by atoms with E-state index in [1.54, 1.807) is 0 Å². The van der Waals surface area contributed by atoms with Gasteiger partial charge in [-0.1, -0.05) is 43.7 Å². The van der Waals surface area contributed by atoms with Crippen molar-refractivity contribution in [2.45, 2.75) is 39.7 Å². The number of benzene rings is 3. The van der Waals surface area contributed by atoms with E-state index in [1.807, 2.05) is 36.4 Å². The summed E-state index contributed by atoms with van der Waals surface area (Å²) < 4.78 is 2.29. The van der Waals surface area contributed by atoms with Gasteiger partial charge in [-0.3, -0.25) is 4.79 Å². The van der Waals surface area contributed by atoms with Gasteiger partial charge in [0.2, 0.25) is 0 Å². The Hall–Kier alpha value is -2.87. The third kappa shape index (κ3) is 3.06. The van der Waals surface area contributed by atoms with Gasteiger partial charge in [-0.2, -0.15) is 0 Å². The molecule has 0 saturated heterocycles. The normalized spacial score (nSPS) is 11.3. The third-order valence-electron chi connectivity index (χ3n) is 5.35. The molecule has 0 saturated carbocycles. The summed E-state index contributed by atoms with van der Waals surface area (Å²) in [5.41, 5.74) is 5.09. The first kappa shape index (κ1) is 17.5. The molecule has 2 nitrogen and oxygen atoms in total. The van der Waals surface area contributed by atoms with Crippen LogP contribution < -0.4 is 0 Å². The topological polar surface area (TPSA) is 22.0 Å². The molecule has 0 aliphatic carbocycles.